The summed E-state index contributed by atoms with van der Waals surface area (Å²) in [7, 11) is 0. The van der Waals surface area contributed by atoms with E-state index in [1.807, 2.05) is 36.4 Å². The highest BCUT2D eigenvalue weighted by molar-refractivity contribution is 6.04. The van der Waals surface area contributed by atoms with Crippen LogP contribution in [0.25, 0.3) is 0 Å². The summed E-state index contributed by atoms with van der Waals surface area (Å²) >= 11 is 0. The maximum atomic E-state index is 12.4. The zero-order valence-electron chi connectivity index (χ0n) is 16.0. The Labute approximate surface area is 156 Å². The Morgan fingerprint density at radius 1 is 1.00 bits per heavy atom. The first-order valence-electron chi connectivity index (χ1n) is 9.35. The molecule has 2 aromatic carbocycles. The Morgan fingerprint density at radius 2 is 1.73 bits per heavy atom. The fourth-order valence-electron chi connectivity index (χ4n) is 2.31. The van der Waals surface area contributed by atoms with E-state index in [-0.39, 0.29) is 5.91 Å². The lowest BCUT2D eigenvalue weighted by Crippen LogP contribution is -2.12. The number of nitrogens with one attached hydrogen (secondary N) is 1. The smallest absolute Gasteiger partial charge is 0.255 e. The third kappa shape index (κ3) is 6.79. The molecule has 0 atom stereocenters. The molecular formula is C22H29NO3. The van der Waals surface area contributed by atoms with E-state index in [0.29, 0.717) is 24.7 Å². The molecule has 0 saturated heterocycles. The van der Waals surface area contributed by atoms with Crippen LogP contribution in [-0.4, -0.2) is 19.1 Å². The number of anilines is 1. The summed E-state index contributed by atoms with van der Waals surface area (Å²) in [5.41, 5.74) is 1.32. The number of unbranched alkanes of at least 4 members (excludes halogenated alkanes) is 1. The monoisotopic (exact) mass is 355 g/mol. The minimum atomic E-state index is -0.154. The van der Waals surface area contributed by atoms with Gasteiger partial charge in [-0.2, -0.15) is 0 Å². The van der Waals surface area contributed by atoms with E-state index in [9.17, 15) is 4.79 Å². The normalized spacial score (nSPS) is 10.6. The van der Waals surface area contributed by atoms with E-state index in [1.165, 1.54) is 0 Å². The lowest BCUT2D eigenvalue weighted by molar-refractivity contribution is 0.102. The lowest BCUT2D eigenvalue weighted by atomic mass is 10.1. The highest BCUT2D eigenvalue weighted by Gasteiger charge is 2.08. The molecule has 0 saturated carbocycles. The molecule has 2 rings (SSSR count). The van der Waals surface area contributed by atoms with E-state index >= 15 is 0 Å². The van der Waals surface area contributed by atoms with E-state index < -0.39 is 0 Å². The third-order valence-electron chi connectivity index (χ3n) is 3.94. The second-order valence-electron chi connectivity index (χ2n) is 6.74. The second-order valence-corrected chi connectivity index (χ2v) is 6.74. The molecule has 2 aromatic rings. The van der Waals surface area contributed by atoms with Crippen LogP contribution in [0.1, 0.15) is 50.4 Å². The summed E-state index contributed by atoms with van der Waals surface area (Å²) < 4.78 is 11.4. The third-order valence-corrected chi connectivity index (χ3v) is 3.94. The van der Waals surface area contributed by atoms with Crippen molar-refractivity contribution >= 4 is 11.6 Å². The van der Waals surface area contributed by atoms with Gasteiger partial charge in [-0.3, -0.25) is 4.79 Å². The summed E-state index contributed by atoms with van der Waals surface area (Å²) in [6.07, 6.45) is 3.13. The first-order chi connectivity index (χ1) is 12.6. The van der Waals surface area contributed by atoms with E-state index in [4.69, 9.17) is 9.47 Å². The van der Waals surface area contributed by atoms with Gasteiger partial charge in [-0.25, -0.2) is 0 Å². The highest BCUT2D eigenvalue weighted by Crippen LogP contribution is 2.19. The van der Waals surface area contributed by atoms with Crippen molar-refractivity contribution in [3.8, 4) is 11.5 Å². The number of hydrogen-bond donors (Lipinski definition) is 1. The molecule has 1 amide bonds. The summed E-state index contributed by atoms with van der Waals surface area (Å²) in [5.74, 6) is 1.98. The maximum absolute atomic E-state index is 12.4. The second kappa shape index (κ2) is 10.5. The van der Waals surface area contributed by atoms with Gasteiger partial charge in [0.05, 0.1) is 13.2 Å². The number of hydrogen-bond acceptors (Lipinski definition) is 3. The molecule has 0 aliphatic heterocycles. The van der Waals surface area contributed by atoms with Crippen LogP contribution in [0, 0.1) is 5.92 Å². The minimum Gasteiger partial charge on any atom is -0.494 e. The van der Waals surface area contributed by atoms with Gasteiger partial charge in [0, 0.05) is 11.3 Å². The van der Waals surface area contributed by atoms with Crippen LogP contribution < -0.4 is 14.8 Å². The SMILES string of the molecule is CCCCOc1ccc(NC(=O)c2cccc(OCCC(C)C)c2)cc1. The fraction of sp³-hybridized carbons (Fsp3) is 0.409. The highest BCUT2D eigenvalue weighted by atomic mass is 16.5. The molecule has 0 radical (unpaired) electrons. The van der Waals surface area contributed by atoms with Gasteiger partial charge in [0.2, 0.25) is 0 Å². The molecule has 0 aromatic heterocycles. The molecule has 4 heteroatoms. The van der Waals surface area contributed by atoms with E-state index in [1.54, 1.807) is 12.1 Å². The van der Waals surface area contributed by atoms with Gasteiger partial charge < -0.3 is 14.8 Å². The Morgan fingerprint density at radius 3 is 2.42 bits per heavy atom. The van der Waals surface area contributed by atoms with Crippen LogP contribution >= 0.6 is 0 Å². The topological polar surface area (TPSA) is 47.6 Å². The van der Waals surface area contributed by atoms with Crippen molar-refractivity contribution in [3.63, 3.8) is 0 Å². The van der Waals surface area contributed by atoms with E-state index in [2.05, 4.69) is 26.1 Å². The molecule has 4 nitrogen and oxygen atoms in total. The number of carbonyl (C=O) groups excluding carboxylic acids is 1. The minimum absolute atomic E-state index is 0.154. The number of rotatable bonds is 10. The molecular weight excluding hydrogens is 326 g/mol. The van der Waals surface area contributed by atoms with E-state index in [0.717, 1.165) is 36.4 Å². The van der Waals surface area contributed by atoms with Crippen molar-refractivity contribution in [1.82, 2.24) is 0 Å². The largest absolute Gasteiger partial charge is 0.494 e. The summed E-state index contributed by atoms with van der Waals surface area (Å²) in [5, 5.41) is 2.90. The van der Waals surface area contributed by atoms with Gasteiger partial charge in [0.25, 0.3) is 5.91 Å². The standard InChI is InChI=1S/C22H29NO3/c1-4-5-14-25-20-11-9-19(10-12-20)23-22(24)18-7-6-8-21(16-18)26-15-13-17(2)3/h6-12,16-17H,4-5,13-15H2,1-3H3,(H,23,24). The maximum Gasteiger partial charge on any atom is 0.255 e. The Hall–Kier alpha value is -2.49. The average molecular weight is 355 g/mol. The Balaban J connectivity index is 1.90. The first-order valence-corrected chi connectivity index (χ1v) is 9.35. The summed E-state index contributed by atoms with van der Waals surface area (Å²) in [4.78, 5) is 12.4. The molecule has 26 heavy (non-hydrogen) atoms. The predicted octanol–water partition coefficient (Wildman–Crippen LogP) is 5.54. The van der Waals surface area contributed by atoms with Crippen LogP contribution in [0.4, 0.5) is 5.69 Å². The molecule has 1 N–H and O–H groups in total. The van der Waals surface area contributed by atoms with Crippen molar-refractivity contribution in [2.24, 2.45) is 5.92 Å². The van der Waals surface area contributed by atoms with Gasteiger partial charge in [-0.05, 0) is 61.2 Å². The molecule has 0 fully saturated rings. The van der Waals surface area contributed by atoms with Crippen LogP contribution in [0.5, 0.6) is 11.5 Å². The van der Waals surface area contributed by atoms with Crippen molar-refractivity contribution in [2.75, 3.05) is 18.5 Å². The predicted molar refractivity (Wildman–Crippen MR) is 106 cm³/mol. The molecule has 0 unspecified atom stereocenters. The average Bonchev–Trinajstić information content (AvgIpc) is 2.63. The van der Waals surface area contributed by atoms with Crippen molar-refractivity contribution in [2.45, 2.75) is 40.0 Å². The number of carbonyl (C=O) groups is 1. The summed E-state index contributed by atoms with van der Waals surface area (Å²) in [6, 6.07) is 14.7. The van der Waals surface area contributed by atoms with Crippen molar-refractivity contribution < 1.29 is 14.3 Å². The number of ether oxygens (including phenoxy) is 2. The van der Waals surface area contributed by atoms with Gasteiger partial charge in [-0.1, -0.05) is 33.3 Å². The summed E-state index contributed by atoms with van der Waals surface area (Å²) in [6.45, 7) is 7.82. The van der Waals surface area contributed by atoms with Gasteiger partial charge in [-0.15, -0.1) is 0 Å². The van der Waals surface area contributed by atoms with Gasteiger partial charge >= 0.3 is 0 Å². The van der Waals surface area contributed by atoms with Crippen molar-refractivity contribution in [3.05, 3.63) is 54.1 Å². The number of benzene rings is 2. The Kier molecular flexibility index (Phi) is 8.00. The zero-order chi connectivity index (χ0) is 18.8. The van der Waals surface area contributed by atoms with Crippen LogP contribution in [0.2, 0.25) is 0 Å². The molecule has 0 spiro atoms. The molecule has 0 aliphatic carbocycles. The number of amides is 1. The van der Waals surface area contributed by atoms with Crippen LogP contribution in [-0.2, 0) is 0 Å². The fourth-order valence-corrected chi connectivity index (χ4v) is 2.31. The molecule has 0 bridgehead atoms. The first kappa shape index (κ1) is 19.8. The van der Waals surface area contributed by atoms with Gasteiger partial charge in [0.15, 0.2) is 0 Å². The zero-order valence-corrected chi connectivity index (χ0v) is 16.0. The molecule has 140 valence electrons. The Bertz CT molecular complexity index is 680. The van der Waals surface area contributed by atoms with Gasteiger partial charge in [0.1, 0.15) is 11.5 Å². The molecule has 0 heterocycles. The van der Waals surface area contributed by atoms with Crippen molar-refractivity contribution in [1.29, 1.82) is 0 Å². The molecule has 0 aliphatic rings. The van der Waals surface area contributed by atoms with Crippen LogP contribution in [0.15, 0.2) is 48.5 Å². The van der Waals surface area contributed by atoms with Crippen LogP contribution in [0.3, 0.4) is 0 Å². The quantitative estimate of drug-likeness (QED) is 0.569. The lowest BCUT2D eigenvalue weighted by Gasteiger charge is -2.10.